The predicted molar refractivity (Wildman–Crippen MR) is 113 cm³/mol. The van der Waals surface area contributed by atoms with E-state index in [9.17, 15) is 9.59 Å². The lowest BCUT2D eigenvalue weighted by molar-refractivity contribution is 0.0715. The van der Waals surface area contributed by atoms with Gasteiger partial charge in [-0.25, -0.2) is 4.98 Å². The van der Waals surface area contributed by atoms with Gasteiger partial charge in [-0.05, 0) is 43.7 Å². The Balaban J connectivity index is 2.08. The fraction of sp³-hybridized carbons (Fsp3) is 0.286. The fourth-order valence-corrected chi connectivity index (χ4v) is 3.65. The van der Waals surface area contributed by atoms with Gasteiger partial charge in [-0.2, -0.15) is 0 Å². The number of rotatable bonds is 5. The van der Waals surface area contributed by atoms with Crippen molar-refractivity contribution in [3.8, 4) is 0 Å². The Morgan fingerprint density at radius 3 is 2.50 bits per heavy atom. The summed E-state index contributed by atoms with van der Waals surface area (Å²) in [5.41, 5.74) is 0.958. The minimum absolute atomic E-state index is 0.100. The quantitative estimate of drug-likeness (QED) is 0.590. The molecule has 0 N–H and O–H groups in total. The molecule has 0 aliphatic heterocycles. The van der Waals surface area contributed by atoms with Crippen molar-refractivity contribution in [1.29, 1.82) is 0 Å². The first-order valence-corrected chi connectivity index (χ1v) is 9.86. The Morgan fingerprint density at radius 1 is 1.14 bits per heavy atom. The van der Waals surface area contributed by atoms with Gasteiger partial charge in [-0.1, -0.05) is 42.3 Å². The molecular weight excluding hydrogens is 397 g/mol. The smallest absolute Gasteiger partial charge is 0.261 e. The van der Waals surface area contributed by atoms with Gasteiger partial charge in [-0.15, -0.1) is 0 Å². The molecule has 0 spiro atoms. The van der Waals surface area contributed by atoms with Crippen molar-refractivity contribution in [3.05, 3.63) is 74.3 Å². The maximum absolute atomic E-state index is 13.0. The van der Waals surface area contributed by atoms with Crippen molar-refractivity contribution >= 4 is 40.0 Å². The first kappa shape index (κ1) is 20.4. The summed E-state index contributed by atoms with van der Waals surface area (Å²) in [6.07, 6.45) is 0.605. The van der Waals surface area contributed by atoms with Gasteiger partial charge in [-0.3, -0.25) is 14.2 Å². The highest BCUT2D eigenvalue weighted by atomic mass is 35.5. The third-order valence-electron chi connectivity index (χ3n) is 4.85. The average Bonchev–Trinajstić information content (AvgIpc) is 2.70. The first-order valence-electron chi connectivity index (χ1n) is 9.10. The zero-order valence-corrected chi connectivity index (χ0v) is 17.5. The van der Waals surface area contributed by atoms with E-state index in [4.69, 9.17) is 28.2 Å². The molecule has 1 heterocycles. The number of amides is 1. The second-order valence-corrected chi connectivity index (χ2v) is 7.32. The molecule has 146 valence electrons. The monoisotopic (exact) mass is 417 g/mol. The maximum Gasteiger partial charge on any atom is 0.261 e. The molecule has 28 heavy (non-hydrogen) atoms. The van der Waals surface area contributed by atoms with Gasteiger partial charge in [0.05, 0.1) is 27.0 Å². The van der Waals surface area contributed by atoms with Gasteiger partial charge >= 0.3 is 0 Å². The molecule has 0 aliphatic carbocycles. The van der Waals surface area contributed by atoms with Crippen molar-refractivity contribution in [1.82, 2.24) is 14.5 Å². The molecule has 1 aromatic heterocycles. The molecule has 3 aromatic rings. The van der Waals surface area contributed by atoms with Crippen molar-refractivity contribution < 1.29 is 4.79 Å². The fourth-order valence-electron chi connectivity index (χ4n) is 3.35. The Hall–Kier alpha value is -2.37. The lowest BCUT2D eigenvalue weighted by Gasteiger charge is -2.29. The average molecular weight is 418 g/mol. The van der Waals surface area contributed by atoms with E-state index in [1.165, 1.54) is 0 Å². The van der Waals surface area contributed by atoms with Gasteiger partial charge in [0.2, 0.25) is 0 Å². The topological polar surface area (TPSA) is 55.2 Å². The highest BCUT2D eigenvalue weighted by Crippen LogP contribution is 2.27. The summed E-state index contributed by atoms with van der Waals surface area (Å²) in [6.45, 7) is 4.33. The molecule has 0 saturated heterocycles. The predicted octanol–water partition coefficient (Wildman–Crippen LogP) is 4.95. The van der Waals surface area contributed by atoms with Gasteiger partial charge in [0.15, 0.2) is 0 Å². The molecule has 2 aromatic carbocycles. The molecule has 0 aliphatic rings. The van der Waals surface area contributed by atoms with Crippen LogP contribution < -0.4 is 5.56 Å². The summed E-state index contributed by atoms with van der Waals surface area (Å²) < 4.78 is 1.63. The van der Waals surface area contributed by atoms with Crippen LogP contribution in [0.4, 0.5) is 0 Å². The number of hydrogen-bond acceptors (Lipinski definition) is 3. The molecule has 5 nitrogen and oxygen atoms in total. The van der Waals surface area contributed by atoms with E-state index in [-0.39, 0.29) is 17.5 Å². The molecular formula is C21H21Cl2N3O2. The minimum Gasteiger partial charge on any atom is -0.332 e. The van der Waals surface area contributed by atoms with Crippen LogP contribution in [0.1, 0.15) is 42.5 Å². The van der Waals surface area contributed by atoms with Gasteiger partial charge in [0.1, 0.15) is 5.82 Å². The van der Waals surface area contributed by atoms with Gasteiger partial charge in [0.25, 0.3) is 11.5 Å². The highest BCUT2D eigenvalue weighted by molar-refractivity contribution is 6.42. The lowest BCUT2D eigenvalue weighted by Crippen LogP contribution is -2.36. The maximum atomic E-state index is 13.0. The van der Waals surface area contributed by atoms with Crippen LogP contribution in [0.25, 0.3) is 10.9 Å². The van der Waals surface area contributed by atoms with Crippen LogP contribution in [0.3, 0.4) is 0 Å². The number of benzene rings is 2. The molecule has 1 unspecified atom stereocenters. The molecule has 3 rings (SSSR count). The minimum atomic E-state index is -0.362. The number of fused-ring (bicyclic) bond motifs is 1. The van der Waals surface area contributed by atoms with E-state index < -0.39 is 0 Å². The zero-order valence-electron chi connectivity index (χ0n) is 15.9. The normalized spacial score (nSPS) is 12.2. The van der Waals surface area contributed by atoms with Crippen LogP contribution in [0, 0.1) is 0 Å². The number of halogens is 2. The number of hydrogen-bond donors (Lipinski definition) is 0. The Labute approximate surface area is 173 Å². The number of para-hydroxylation sites is 1. The summed E-state index contributed by atoms with van der Waals surface area (Å²) in [6, 6.07) is 11.7. The van der Waals surface area contributed by atoms with E-state index >= 15 is 0 Å². The summed E-state index contributed by atoms with van der Waals surface area (Å²) in [5.74, 6) is 0.361. The molecule has 0 radical (unpaired) electrons. The molecule has 1 amide bonds. The van der Waals surface area contributed by atoms with Gasteiger partial charge < -0.3 is 4.90 Å². The molecule has 0 bridgehead atoms. The molecule has 0 fully saturated rings. The second kappa shape index (κ2) is 8.33. The Kier molecular flexibility index (Phi) is 6.06. The van der Waals surface area contributed by atoms with Gasteiger partial charge in [0, 0.05) is 19.2 Å². The van der Waals surface area contributed by atoms with E-state index in [0.29, 0.717) is 45.3 Å². The number of carbonyl (C=O) groups is 1. The number of carbonyl (C=O) groups excluding carboxylic acids is 1. The van der Waals surface area contributed by atoms with Crippen LogP contribution in [-0.2, 0) is 6.54 Å². The summed E-state index contributed by atoms with van der Waals surface area (Å²) in [4.78, 5) is 32.3. The number of nitrogens with zero attached hydrogens (tertiary/aromatic N) is 3. The van der Waals surface area contributed by atoms with E-state index in [1.807, 2.05) is 32.0 Å². The Bertz CT molecular complexity index is 1090. The summed E-state index contributed by atoms with van der Waals surface area (Å²) in [5, 5.41) is 1.29. The van der Waals surface area contributed by atoms with E-state index in [2.05, 4.69) is 0 Å². The largest absolute Gasteiger partial charge is 0.332 e. The Morgan fingerprint density at radius 2 is 1.86 bits per heavy atom. The number of aromatic nitrogens is 2. The first-order chi connectivity index (χ1) is 13.4. The highest BCUT2D eigenvalue weighted by Gasteiger charge is 2.26. The summed E-state index contributed by atoms with van der Waals surface area (Å²) in [7, 11) is 1.71. The standard InChI is InChI=1S/C21H21Cl2N3O2/c1-4-18(25(3)20(27)13-10-11-15(22)16(23)12-13)19-24-17-9-7-6-8-14(17)21(28)26(19)5-2/h6-12,18H,4-5H2,1-3H3. The SMILES string of the molecule is CCC(c1nc2ccccc2c(=O)n1CC)N(C)C(=O)c1ccc(Cl)c(Cl)c1. The molecule has 1 atom stereocenters. The third kappa shape index (κ3) is 3.64. The van der Waals surface area contributed by atoms with Crippen LogP contribution in [0.5, 0.6) is 0 Å². The van der Waals surface area contributed by atoms with Crippen LogP contribution >= 0.6 is 23.2 Å². The summed E-state index contributed by atoms with van der Waals surface area (Å²) >= 11 is 12.0. The van der Waals surface area contributed by atoms with E-state index in [1.54, 1.807) is 40.8 Å². The molecule has 0 saturated carbocycles. The van der Waals surface area contributed by atoms with Crippen molar-refractivity contribution in [2.24, 2.45) is 0 Å². The van der Waals surface area contributed by atoms with Crippen molar-refractivity contribution in [3.63, 3.8) is 0 Å². The van der Waals surface area contributed by atoms with Crippen molar-refractivity contribution in [2.45, 2.75) is 32.9 Å². The molecule has 7 heteroatoms. The third-order valence-corrected chi connectivity index (χ3v) is 5.59. The second-order valence-electron chi connectivity index (χ2n) is 6.51. The zero-order chi connectivity index (χ0) is 20.4. The van der Waals surface area contributed by atoms with Crippen molar-refractivity contribution in [2.75, 3.05) is 7.05 Å². The van der Waals surface area contributed by atoms with Crippen LogP contribution in [-0.4, -0.2) is 27.4 Å². The van der Waals surface area contributed by atoms with Crippen LogP contribution in [0.15, 0.2) is 47.3 Å². The van der Waals surface area contributed by atoms with Crippen LogP contribution in [0.2, 0.25) is 10.0 Å². The van der Waals surface area contributed by atoms with E-state index in [0.717, 1.165) is 0 Å². The lowest BCUT2D eigenvalue weighted by atomic mass is 10.1.